The second-order valence-corrected chi connectivity index (χ2v) is 6.09. The summed E-state index contributed by atoms with van der Waals surface area (Å²) in [5, 5.41) is 6.41. The van der Waals surface area contributed by atoms with Crippen molar-refractivity contribution < 1.29 is 9.47 Å². The van der Waals surface area contributed by atoms with Crippen LogP contribution in [0.25, 0.3) is 0 Å². The molecule has 1 heterocycles. The Morgan fingerprint density at radius 1 is 1.48 bits per heavy atom. The van der Waals surface area contributed by atoms with E-state index < -0.39 is 0 Å². The number of nitrogens with one attached hydrogen (secondary N) is 1. The highest BCUT2D eigenvalue weighted by Gasteiger charge is 2.12. The van der Waals surface area contributed by atoms with E-state index in [-0.39, 0.29) is 6.10 Å². The van der Waals surface area contributed by atoms with Gasteiger partial charge in [-0.15, -0.1) is 11.3 Å². The Morgan fingerprint density at radius 3 is 2.91 bits per heavy atom. The molecule has 1 aromatic heterocycles. The van der Waals surface area contributed by atoms with Crippen LogP contribution in [0, 0.1) is 0 Å². The molecule has 0 aliphatic carbocycles. The molecular weight excluding hydrogens is 312 g/mol. The summed E-state index contributed by atoms with van der Waals surface area (Å²) in [5.41, 5.74) is 1.04. The summed E-state index contributed by atoms with van der Waals surface area (Å²) in [6, 6.07) is 0. The van der Waals surface area contributed by atoms with Crippen LogP contribution in [0.15, 0.2) is 10.4 Å². The molecule has 1 rings (SSSR count). The lowest BCUT2D eigenvalue weighted by Crippen LogP contribution is -2.38. The standard InChI is InChI=1S/C16H30N4O2S/c1-6-17-16(18-9-8-10-22-7-2)20(4)11-14-12-23-15(19-14)13(3)21-5/h12-13H,6-11H2,1-5H3,(H,17,18). The van der Waals surface area contributed by atoms with Gasteiger partial charge in [0.05, 0.1) is 12.2 Å². The monoisotopic (exact) mass is 342 g/mol. The first-order chi connectivity index (χ1) is 11.1. The van der Waals surface area contributed by atoms with Crippen molar-refractivity contribution in [3.05, 3.63) is 16.1 Å². The van der Waals surface area contributed by atoms with E-state index in [1.807, 2.05) is 20.9 Å². The number of hydrogen-bond acceptors (Lipinski definition) is 5. The van der Waals surface area contributed by atoms with E-state index in [1.165, 1.54) is 0 Å². The van der Waals surface area contributed by atoms with Gasteiger partial charge in [0.2, 0.25) is 0 Å². The fraction of sp³-hybridized carbons (Fsp3) is 0.750. The van der Waals surface area contributed by atoms with Gasteiger partial charge in [-0.25, -0.2) is 4.98 Å². The smallest absolute Gasteiger partial charge is 0.194 e. The molecule has 0 spiro atoms. The van der Waals surface area contributed by atoms with Gasteiger partial charge in [-0.05, 0) is 27.2 Å². The Hall–Kier alpha value is -1.18. The number of rotatable bonds is 10. The molecule has 0 saturated carbocycles. The maximum absolute atomic E-state index is 5.34. The SMILES string of the molecule is CCNC(=NCCCOCC)N(C)Cc1csc(C(C)OC)n1. The maximum Gasteiger partial charge on any atom is 0.194 e. The van der Waals surface area contributed by atoms with Gasteiger partial charge in [0.15, 0.2) is 5.96 Å². The summed E-state index contributed by atoms with van der Waals surface area (Å²) in [6.07, 6.45) is 0.975. The zero-order chi connectivity index (χ0) is 17.1. The van der Waals surface area contributed by atoms with E-state index in [2.05, 4.69) is 32.5 Å². The van der Waals surface area contributed by atoms with Crippen LogP contribution < -0.4 is 5.32 Å². The number of nitrogens with zero attached hydrogens (tertiary/aromatic N) is 3. The summed E-state index contributed by atoms with van der Waals surface area (Å²) in [6.45, 7) is 9.94. The Bertz CT molecular complexity index is 465. The number of ether oxygens (including phenoxy) is 2. The second-order valence-electron chi connectivity index (χ2n) is 5.20. The van der Waals surface area contributed by atoms with E-state index >= 15 is 0 Å². The molecule has 7 heteroatoms. The zero-order valence-corrected chi connectivity index (χ0v) is 15.8. The molecule has 1 unspecified atom stereocenters. The largest absolute Gasteiger partial charge is 0.382 e. The molecule has 0 amide bonds. The van der Waals surface area contributed by atoms with Gasteiger partial charge < -0.3 is 19.7 Å². The minimum absolute atomic E-state index is 0.0412. The first-order valence-electron chi connectivity index (χ1n) is 8.16. The quantitative estimate of drug-likeness (QED) is 0.402. The molecule has 0 fully saturated rings. The van der Waals surface area contributed by atoms with Crippen molar-refractivity contribution in [1.29, 1.82) is 0 Å². The number of thiazole rings is 1. The summed E-state index contributed by atoms with van der Waals surface area (Å²) in [5.74, 6) is 0.901. The maximum atomic E-state index is 5.34. The second kappa shape index (κ2) is 11.4. The number of methoxy groups -OCH3 is 1. The predicted octanol–water partition coefficient (Wildman–Crippen LogP) is 2.67. The molecule has 0 radical (unpaired) electrons. The summed E-state index contributed by atoms with van der Waals surface area (Å²) >= 11 is 1.64. The van der Waals surface area contributed by atoms with Crippen LogP contribution in [0.3, 0.4) is 0 Å². The molecule has 23 heavy (non-hydrogen) atoms. The Labute approximate surface area is 143 Å². The van der Waals surface area contributed by atoms with Gasteiger partial charge in [0.25, 0.3) is 0 Å². The van der Waals surface area contributed by atoms with Crippen LogP contribution in [-0.2, 0) is 16.0 Å². The van der Waals surface area contributed by atoms with Crippen molar-refractivity contribution in [2.45, 2.75) is 39.8 Å². The van der Waals surface area contributed by atoms with Crippen LogP contribution in [0.2, 0.25) is 0 Å². The molecule has 132 valence electrons. The van der Waals surface area contributed by atoms with E-state index in [1.54, 1.807) is 18.4 Å². The molecule has 6 nitrogen and oxygen atoms in total. The molecule has 0 aromatic carbocycles. The minimum Gasteiger partial charge on any atom is -0.382 e. The first-order valence-corrected chi connectivity index (χ1v) is 9.04. The predicted molar refractivity (Wildman–Crippen MR) is 96.1 cm³/mol. The molecule has 1 atom stereocenters. The molecule has 0 bridgehead atoms. The number of guanidine groups is 1. The van der Waals surface area contributed by atoms with E-state index in [9.17, 15) is 0 Å². The van der Waals surface area contributed by atoms with Gasteiger partial charge in [-0.3, -0.25) is 4.99 Å². The van der Waals surface area contributed by atoms with E-state index in [4.69, 9.17) is 9.47 Å². The third-order valence-electron chi connectivity index (χ3n) is 3.28. The van der Waals surface area contributed by atoms with Gasteiger partial charge >= 0.3 is 0 Å². The average Bonchev–Trinajstić information content (AvgIpc) is 3.01. The van der Waals surface area contributed by atoms with Crippen molar-refractivity contribution in [2.75, 3.05) is 40.5 Å². The van der Waals surface area contributed by atoms with E-state index in [0.717, 1.165) is 55.9 Å². The molecule has 1 N–H and O–H groups in total. The molecule has 0 saturated heterocycles. The summed E-state index contributed by atoms with van der Waals surface area (Å²) in [7, 11) is 3.73. The van der Waals surface area contributed by atoms with Crippen molar-refractivity contribution in [2.24, 2.45) is 4.99 Å². The van der Waals surface area contributed by atoms with Crippen molar-refractivity contribution in [3.8, 4) is 0 Å². The molecule has 0 aliphatic rings. The lowest BCUT2D eigenvalue weighted by molar-refractivity contribution is 0.119. The van der Waals surface area contributed by atoms with Crippen LogP contribution in [0.1, 0.15) is 44.0 Å². The van der Waals surface area contributed by atoms with Gasteiger partial charge in [0.1, 0.15) is 11.1 Å². The Balaban J connectivity index is 2.57. The summed E-state index contributed by atoms with van der Waals surface area (Å²) in [4.78, 5) is 11.4. The third kappa shape index (κ3) is 7.28. The third-order valence-corrected chi connectivity index (χ3v) is 4.33. The van der Waals surface area contributed by atoms with Crippen molar-refractivity contribution in [3.63, 3.8) is 0 Å². The summed E-state index contributed by atoms with van der Waals surface area (Å²) < 4.78 is 10.7. The van der Waals surface area contributed by atoms with Gasteiger partial charge in [-0.1, -0.05) is 0 Å². The lowest BCUT2D eigenvalue weighted by Gasteiger charge is -2.21. The normalized spacial score (nSPS) is 13.2. The van der Waals surface area contributed by atoms with E-state index in [0.29, 0.717) is 0 Å². The fourth-order valence-corrected chi connectivity index (χ4v) is 2.81. The van der Waals surface area contributed by atoms with Crippen LogP contribution in [0.4, 0.5) is 0 Å². The highest BCUT2D eigenvalue weighted by molar-refractivity contribution is 7.09. The van der Waals surface area contributed by atoms with Crippen LogP contribution in [-0.4, -0.2) is 56.3 Å². The molecule has 0 aliphatic heterocycles. The number of aromatic nitrogens is 1. The molecule has 1 aromatic rings. The molecular formula is C16H30N4O2S. The highest BCUT2D eigenvalue weighted by atomic mass is 32.1. The Morgan fingerprint density at radius 2 is 2.26 bits per heavy atom. The van der Waals surface area contributed by atoms with Crippen LogP contribution in [0.5, 0.6) is 0 Å². The lowest BCUT2D eigenvalue weighted by atomic mass is 10.4. The van der Waals surface area contributed by atoms with Gasteiger partial charge in [0, 0.05) is 45.8 Å². The average molecular weight is 343 g/mol. The zero-order valence-electron chi connectivity index (χ0n) is 15.0. The minimum atomic E-state index is 0.0412. The highest BCUT2D eigenvalue weighted by Crippen LogP contribution is 2.20. The Kier molecular flexibility index (Phi) is 9.82. The number of aliphatic imine (C=N–C) groups is 1. The van der Waals surface area contributed by atoms with Gasteiger partial charge in [-0.2, -0.15) is 0 Å². The number of hydrogen-bond donors (Lipinski definition) is 1. The first kappa shape index (κ1) is 19.9. The fourth-order valence-electron chi connectivity index (χ4n) is 1.97. The van der Waals surface area contributed by atoms with Crippen molar-refractivity contribution in [1.82, 2.24) is 15.2 Å². The van der Waals surface area contributed by atoms with Crippen molar-refractivity contribution >= 4 is 17.3 Å². The van der Waals surface area contributed by atoms with Crippen LogP contribution >= 0.6 is 11.3 Å². The topological polar surface area (TPSA) is 59.0 Å².